The van der Waals surface area contributed by atoms with Crippen LogP contribution in [0, 0.1) is 11.8 Å². The summed E-state index contributed by atoms with van der Waals surface area (Å²) in [6.45, 7) is 3.92. The summed E-state index contributed by atoms with van der Waals surface area (Å²) in [6.07, 6.45) is 0.297. The Morgan fingerprint density at radius 3 is 2.33 bits per heavy atom. The summed E-state index contributed by atoms with van der Waals surface area (Å²) in [5, 5.41) is 5.62. The number of benzene rings is 1. The molecule has 0 saturated carbocycles. The number of anilines is 1. The zero-order valence-electron chi connectivity index (χ0n) is 14.7. The number of hydrogen-bond acceptors (Lipinski definition) is 6. The topological polar surface area (TPSA) is 98.8 Å². The minimum absolute atomic E-state index is 0.125. The van der Waals surface area contributed by atoms with E-state index in [2.05, 4.69) is 15.5 Å². The number of rotatable bonds is 2. The van der Waals surface area contributed by atoms with Gasteiger partial charge in [0, 0.05) is 38.3 Å². The summed E-state index contributed by atoms with van der Waals surface area (Å²) >= 11 is 0. The molecule has 8 nitrogen and oxygen atoms in total. The van der Waals surface area contributed by atoms with E-state index in [9.17, 15) is 19.2 Å². The Morgan fingerprint density at radius 1 is 0.926 bits per heavy atom. The van der Waals surface area contributed by atoms with Crippen LogP contribution >= 0.6 is 0 Å². The molecule has 4 aliphatic heterocycles. The lowest BCUT2D eigenvalue weighted by atomic mass is 10.0. The van der Waals surface area contributed by atoms with Gasteiger partial charge in [-0.1, -0.05) is 0 Å². The van der Waals surface area contributed by atoms with Gasteiger partial charge in [0.2, 0.25) is 11.8 Å². The molecule has 8 heteroatoms. The maximum absolute atomic E-state index is 12.9. The lowest BCUT2D eigenvalue weighted by Crippen LogP contribution is -2.54. The summed E-state index contributed by atoms with van der Waals surface area (Å²) in [4.78, 5) is 52.4. The van der Waals surface area contributed by atoms with Crippen LogP contribution < -0.4 is 15.5 Å². The highest BCUT2D eigenvalue weighted by molar-refractivity contribution is 6.23. The average Bonchev–Trinajstić information content (AvgIpc) is 3.30. The third-order valence-electron chi connectivity index (χ3n) is 6.18. The molecule has 4 heterocycles. The smallest absolute Gasteiger partial charge is 0.262 e. The van der Waals surface area contributed by atoms with Gasteiger partial charge in [0.15, 0.2) is 0 Å². The fourth-order valence-electron chi connectivity index (χ4n) is 4.72. The van der Waals surface area contributed by atoms with Crippen LogP contribution in [0.5, 0.6) is 0 Å². The van der Waals surface area contributed by atoms with Gasteiger partial charge in [-0.2, -0.15) is 0 Å². The zero-order valence-corrected chi connectivity index (χ0v) is 14.7. The Kier molecular flexibility index (Phi) is 3.58. The second kappa shape index (κ2) is 5.88. The van der Waals surface area contributed by atoms with E-state index >= 15 is 0 Å². The van der Waals surface area contributed by atoms with Crippen molar-refractivity contribution in [3.05, 3.63) is 29.3 Å². The number of hydrogen-bond donors (Lipinski definition) is 2. The highest BCUT2D eigenvalue weighted by atomic mass is 16.2. The molecule has 0 aromatic heterocycles. The Bertz CT molecular complexity index is 870. The number of amides is 4. The van der Waals surface area contributed by atoms with Crippen LogP contribution in [-0.4, -0.2) is 60.7 Å². The number of nitrogens with one attached hydrogen (secondary N) is 2. The van der Waals surface area contributed by atoms with Gasteiger partial charge in [-0.25, -0.2) is 0 Å². The first kappa shape index (κ1) is 16.4. The minimum atomic E-state index is -0.921. The Morgan fingerprint density at radius 2 is 1.63 bits per heavy atom. The monoisotopic (exact) mass is 368 g/mol. The molecular formula is C19H20N4O4. The molecule has 1 aromatic rings. The molecule has 3 unspecified atom stereocenters. The van der Waals surface area contributed by atoms with Gasteiger partial charge >= 0.3 is 0 Å². The molecule has 4 aliphatic rings. The van der Waals surface area contributed by atoms with Crippen molar-refractivity contribution in [2.45, 2.75) is 18.9 Å². The molecule has 27 heavy (non-hydrogen) atoms. The van der Waals surface area contributed by atoms with Crippen molar-refractivity contribution >= 4 is 29.3 Å². The van der Waals surface area contributed by atoms with Crippen LogP contribution in [0.15, 0.2) is 18.2 Å². The van der Waals surface area contributed by atoms with E-state index in [1.54, 1.807) is 12.1 Å². The molecule has 1 aromatic carbocycles. The lowest BCUT2D eigenvalue weighted by Gasteiger charge is -2.27. The molecule has 4 amide bonds. The quantitative estimate of drug-likeness (QED) is 0.698. The fraction of sp³-hybridized carbons (Fsp3) is 0.474. The molecule has 2 N–H and O–H groups in total. The third-order valence-corrected chi connectivity index (χ3v) is 6.18. The molecule has 3 fully saturated rings. The molecule has 0 spiro atoms. The minimum Gasteiger partial charge on any atom is -0.371 e. The summed E-state index contributed by atoms with van der Waals surface area (Å²) in [5.74, 6) is -0.623. The summed E-state index contributed by atoms with van der Waals surface area (Å²) in [7, 11) is 0. The van der Waals surface area contributed by atoms with Crippen LogP contribution in [-0.2, 0) is 9.59 Å². The first-order valence-corrected chi connectivity index (χ1v) is 9.34. The van der Waals surface area contributed by atoms with Crippen LogP contribution in [0.3, 0.4) is 0 Å². The van der Waals surface area contributed by atoms with Gasteiger partial charge in [0.25, 0.3) is 11.8 Å². The van der Waals surface area contributed by atoms with Crippen molar-refractivity contribution in [2.24, 2.45) is 11.8 Å². The van der Waals surface area contributed by atoms with Crippen LogP contribution in [0.2, 0.25) is 0 Å². The van der Waals surface area contributed by atoms with E-state index in [0.29, 0.717) is 23.0 Å². The van der Waals surface area contributed by atoms with Gasteiger partial charge in [0.1, 0.15) is 6.04 Å². The average molecular weight is 368 g/mol. The van der Waals surface area contributed by atoms with Crippen LogP contribution in [0.25, 0.3) is 0 Å². The number of carbonyl (C=O) groups is 4. The first-order valence-electron chi connectivity index (χ1n) is 9.34. The Hall–Kier alpha value is -2.74. The second-order valence-corrected chi connectivity index (χ2v) is 7.76. The highest BCUT2D eigenvalue weighted by Gasteiger charge is 2.45. The number of carbonyl (C=O) groups excluding carboxylic acids is 4. The number of piperidine rings is 1. The predicted molar refractivity (Wildman–Crippen MR) is 95.2 cm³/mol. The van der Waals surface area contributed by atoms with Crippen molar-refractivity contribution < 1.29 is 19.2 Å². The Labute approximate surface area is 155 Å². The van der Waals surface area contributed by atoms with Crippen molar-refractivity contribution in [3.63, 3.8) is 0 Å². The van der Waals surface area contributed by atoms with Crippen molar-refractivity contribution in [1.29, 1.82) is 0 Å². The van der Waals surface area contributed by atoms with E-state index in [0.717, 1.165) is 36.8 Å². The van der Waals surface area contributed by atoms with E-state index < -0.39 is 23.8 Å². The maximum Gasteiger partial charge on any atom is 0.262 e. The fourth-order valence-corrected chi connectivity index (χ4v) is 4.72. The van der Waals surface area contributed by atoms with Gasteiger partial charge in [-0.3, -0.25) is 29.4 Å². The molecule has 0 aliphatic carbocycles. The molecule has 0 bridgehead atoms. The SMILES string of the molecule is O=C1CCC(N2C(=O)c3ccc(N4CC5CNCC5C4)cc3C2=O)C(=O)N1. The normalized spacial score (nSPS) is 30.0. The van der Waals surface area contributed by atoms with Gasteiger partial charge < -0.3 is 10.2 Å². The predicted octanol–water partition coefficient (Wildman–Crippen LogP) is -0.257. The van der Waals surface area contributed by atoms with Crippen molar-refractivity contribution in [2.75, 3.05) is 31.1 Å². The van der Waals surface area contributed by atoms with E-state index in [1.165, 1.54) is 0 Å². The van der Waals surface area contributed by atoms with E-state index in [-0.39, 0.29) is 18.7 Å². The standard InChI is InChI=1S/C19H20N4O4/c24-16-4-3-15(17(25)21-16)23-18(26)13-2-1-12(5-14(13)19(23)27)22-8-10-6-20-7-11(10)9-22/h1-2,5,10-11,15,20H,3-4,6-9H2,(H,21,24,25). The molecule has 3 atom stereocenters. The van der Waals surface area contributed by atoms with E-state index in [1.807, 2.05) is 6.07 Å². The summed E-state index contributed by atoms with van der Waals surface area (Å²) < 4.78 is 0. The van der Waals surface area contributed by atoms with Crippen molar-refractivity contribution in [3.8, 4) is 0 Å². The number of nitrogens with zero attached hydrogens (tertiary/aromatic N) is 2. The molecule has 0 radical (unpaired) electrons. The Balaban J connectivity index is 1.42. The highest BCUT2D eigenvalue weighted by Crippen LogP contribution is 2.34. The van der Waals surface area contributed by atoms with Crippen LogP contribution in [0.1, 0.15) is 33.6 Å². The molecule has 3 saturated heterocycles. The number of fused-ring (bicyclic) bond motifs is 2. The second-order valence-electron chi connectivity index (χ2n) is 7.76. The first-order chi connectivity index (χ1) is 13.0. The van der Waals surface area contributed by atoms with E-state index in [4.69, 9.17) is 0 Å². The van der Waals surface area contributed by atoms with Gasteiger partial charge in [0.05, 0.1) is 11.1 Å². The number of imide groups is 2. The molecular weight excluding hydrogens is 348 g/mol. The van der Waals surface area contributed by atoms with Gasteiger partial charge in [-0.05, 0) is 36.5 Å². The summed E-state index contributed by atoms with van der Waals surface area (Å²) in [6, 6.07) is 4.42. The zero-order chi connectivity index (χ0) is 18.7. The molecule has 140 valence electrons. The van der Waals surface area contributed by atoms with Crippen molar-refractivity contribution in [1.82, 2.24) is 15.5 Å². The third kappa shape index (κ3) is 2.47. The molecule has 5 rings (SSSR count). The van der Waals surface area contributed by atoms with Crippen LogP contribution in [0.4, 0.5) is 5.69 Å². The lowest BCUT2D eigenvalue weighted by molar-refractivity contribution is -0.136. The largest absolute Gasteiger partial charge is 0.371 e. The maximum atomic E-state index is 12.9. The summed E-state index contributed by atoms with van der Waals surface area (Å²) in [5.41, 5.74) is 1.61. The van der Waals surface area contributed by atoms with Gasteiger partial charge in [-0.15, -0.1) is 0 Å².